The minimum Gasteiger partial charge on any atom is -0.394 e. The van der Waals surface area contributed by atoms with Gasteiger partial charge in [0.15, 0.2) is 0 Å². The third kappa shape index (κ3) is 30.1. The van der Waals surface area contributed by atoms with Crippen molar-refractivity contribution in [2.24, 2.45) is 0 Å². The predicted molar refractivity (Wildman–Crippen MR) is 179 cm³/mol. The molecule has 0 saturated carbocycles. The highest BCUT2D eigenvalue weighted by Crippen LogP contribution is 2.15. The summed E-state index contributed by atoms with van der Waals surface area (Å²) in [5.41, 5.74) is 0. The van der Waals surface area contributed by atoms with Crippen molar-refractivity contribution in [1.82, 2.24) is 5.32 Å². The summed E-state index contributed by atoms with van der Waals surface area (Å²) in [7, 11) is 0. The Labute approximate surface area is 256 Å². The first-order valence-corrected chi connectivity index (χ1v) is 18.1. The zero-order valence-corrected chi connectivity index (χ0v) is 27.6. The molecule has 0 aliphatic carbocycles. The minimum absolute atomic E-state index is 0.0751. The van der Waals surface area contributed by atoms with Crippen LogP contribution in [0.4, 0.5) is 0 Å². The van der Waals surface area contributed by atoms with Gasteiger partial charge in [0.05, 0.1) is 18.8 Å². The second-order valence-electron chi connectivity index (χ2n) is 12.3. The van der Waals surface area contributed by atoms with Crippen LogP contribution < -0.4 is 5.32 Å². The molecule has 0 unspecified atom stereocenters. The predicted octanol–water partition coefficient (Wildman–Crippen LogP) is 10.5. The van der Waals surface area contributed by atoms with Crippen molar-refractivity contribution in [1.29, 1.82) is 0 Å². The van der Waals surface area contributed by atoms with Gasteiger partial charge in [0, 0.05) is 6.42 Å². The van der Waals surface area contributed by atoms with Crippen molar-refractivity contribution in [2.75, 3.05) is 6.61 Å². The van der Waals surface area contributed by atoms with Gasteiger partial charge in [-0.25, -0.2) is 0 Å². The van der Waals surface area contributed by atoms with Crippen molar-refractivity contribution in [3.05, 3.63) is 24.3 Å². The molecule has 0 aromatic heterocycles. The van der Waals surface area contributed by atoms with Crippen LogP contribution in [-0.2, 0) is 4.79 Å². The number of hydrogen-bond donors (Lipinski definition) is 3. The number of carbonyl (C=O) groups is 1. The molecule has 0 bridgehead atoms. The van der Waals surface area contributed by atoms with Gasteiger partial charge in [-0.1, -0.05) is 173 Å². The van der Waals surface area contributed by atoms with Crippen molar-refractivity contribution in [2.45, 2.75) is 199 Å². The molecule has 41 heavy (non-hydrogen) atoms. The van der Waals surface area contributed by atoms with E-state index >= 15 is 0 Å². The van der Waals surface area contributed by atoms with Gasteiger partial charge >= 0.3 is 0 Å². The first-order valence-electron chi connectivity index (χ1n) is 18.1. The van der Waals surface area contributed by atoms with Crippen LogP contribution in [-0.4, -0.2) is 34.9 Å². The van der Waals surface area contributed by atoms with E-state index in [-0.39, 0.29) is 12.5 Å². The molecule has 0 aliphatic rings. The molecule has 0 rings (SSSR count). The zero-order valence-electron chi connectivity index (χ0n) is 27.6. The summed E-state index contributed by atoms with van der Waals surface area (Å²) < 4.78 is 0. The Morgan fingerprint density at radius 1 is 0.561 bits per heavy atom. The fraction of sp³-hybridized carbons (Fsp3) is 0.865. The van der Waals surface area contributed by atoms with E-state index in [0.717, 1.165) is 32.1 Å². The molecule has 0 radical (unpaired) electrons. The average Bonchev–Trinajstić information content (AvgIpc) is 2.97. The van der Waals surface area contributed by atoms with Crippen LogP contribution >= 0.6 is 0 Å². The smallest absolute Gasteiger partial charge is 0.220 e. The van der Waals surface area contributed by atoms with Crippen LogP contribution in [0.15, 0.2) is 24.3 Å². The highest BCUT2D eigenvalue weighted by molar-refractivity contribution is 5.76. The van der Waals surface area contributed by atoms with Crippen LogP contribution in [0, 0.1) is 0 Å². The molecule has 0 saturated heterocycles. The van der Waals surface area contributed by atoms with Gasteiger partial charge in [0.1, 0.15) is 0 Å². The lowest BCUT2D eigenvalue weighted by Gasteiger charge is -2.19. The Bertz CT molecular complexity index is 589. The van der Waals surface area contributed by atoms with E-state index in [9.17, 15) is 15.0 Å². The Morgan fingerprint density at radius 3 is 1.41 bits per heavy atom. The quantitative estimate of drug-likeness (QED) is 0.0550. The lowest BCUT2D eigenvalue weighted by atomic mass is 10.0. The van der Waals surface area contributed by atoms with E-state index < -0.39 is 12.1 Å². The van der Waals surface area contributed by atoms with Crippen LogP contribution in [0.5, 0.6) is 0 Å². The van der Waals surface area contributed by atoms with Gasteiger partial charge in [-0.2, -0.15) is 0 Å². The summed E-state index contributed by atoms with van der Waals surface area (Å²) >= 11 is 0. The molecule has 0 fully saturated rings. The third-order valence-corrected chi connectivity index (χ3v) is 8.19. The van der Waals surface area contributed by atoms with E-state index in [1.54, 1.807) is 6.08 Å². The van der Waals surface area contributed by atoms with Gasteiger partial charge in [-0.3, -0.25) is 4.79 Å². The van der Waals surface area contributed by atoms with E-state index in [1.165, 1.54) is 135 Å². The second kappa shape index (κ2) is 33.4. The monoisotopic (exact) mass is 578 g/mol. The lowest BCUT2D eigenvalue weighted by Crippen LogP contribution is -2.45. The van der Waals surface area contributed by atoms with Crippen LogP contribution in [0.1, 0.15) is 187 Å². The zero-order chi connectivity index (χ0) is 30.1. The Hall–Kier alpha value is -1.13. The van der Waals surface area contributed by atoms with Crippen LogP contribution in [0.2, 0.25) is 0 Å². The lowest BCUT2D eigenvalue weighted by molar-refractivity contribution is -0.123. The molecule has 0 spiro atoms. The van der Waals surface area contributed by atoms with Crippen LogP contribution in [0.3, 0.4) is 0 Å². The highest BCUT2D eigenvalue weighted by atomic mass is 16.3. The van der Waals surface area contributed by atoms with E-state index in [2.05, 4.69) is 31.3 Å². The van der Waals surface area contributed by atoms with Gasteiger partial charge in [-0.15, -0.1) is 0 Å². The van der Waals surface area contributed by atoms with Crippen molar-refractivity contribution in [3.63, 3.8) is 0 Å². The van der Waals surface area contributed by atoms with E-state index in [4.69, 9.17) is 0 Å². The normalized spacial score (nSPS) is 13.4. The van der Waals surface area contributed by atoms with Crippen molar-refractivity contribution >= 4 is 5.91 Å². The van der Waals surface area contributed by atoms with Gasteiger partial charge in [-0.05, 0) is 32.1 Å². The molecule has 4 heteroatoms. The number of carbonyl (C=O) groups excluding carboxylic acids is 1. The van der Waals surface area contributed by atoms with E-state index in [0.29, 0.717) is 6.42 Å². The minimum atomic E-state index is -0.854. The number of unbranched alkanes of at least 4 members (excludes halogenated alkanes) is 23. The van der Waals surface area contributed by atoms with Gasteiger partial charge in [0.25, 0.3) is 0 Å². The first-order chi connectivity index (χ1) is 20.2. The number of aliphatic hydroxyl groups excluding tert-OH is 2. The summed E-state index contributed by atoms with van der Waals surface area (Å²) in [5.74, 6) is -0.0751. The summed E-state index contributed by atoms with van der Waals surface area (Å²) in [5, 5.41) is 22.7. The van der Waals surface area contributed by atoms with Crippen molar-refractivity contribution < 1.29 is 15.0 Å². The summed E-state index contributed by atoms with van der Waals surface area (Å²) in [4.78, 5) is 12.3. The number of nitrogens with one attached hydrogen (secondary N) is 1. The summed E-state index contributed by atoms with van der Waals surface area (Å²) in [6.45, 7) is 4.24. The maximum Gasteiger partial charge on any atom is 0.220 e. The molecule has 3 N–H and O–H groups in total. The Balaban J connectivity index is 3.54. The second-order valence-corrected chi connectivity index (χ2v) is 12.3. The Kier molecular flexibility index (Phi) is 32.5. The molecular weight excluding hydrogens is 506 g/mol. The van der Waals surface area contributed by atoms with Gasteiger partial charge in [0.2, 0.25) is 5.91 Å². The SMILES string of the molecule is CCCCC/C=C/CC/C=C/[C@@H](O)[C@H](CO)NC(=O)CCCCCCCCCCCCCCCCCCCCCC. The Morgan fingerprint density at radius 2 is 0.951 bits per heavy atom. The number of amides is 1. The fourth-order valence-corrected chi connectivity index (χ4v) is 5.37. The third-order valence-electron chi connectivity index (χ3n) is 8.19. The highest BCUT2D eigenvalue weighted by Gasteiger charge is 2.17. The number of allylic oxidation sites excluding steroid dienone is 3. The van der Waals surface area contributed by atoms with E-state index in [1.807, 2.05) is 6.08 Å². The van der Waals surface area contributed by atoms with Crippen molar-refractivity contribution in [3.8, 4) is 0 Å². The van der Waals surface area contributed by atoms with Crippen LogP contribution in [0.25, 0.3) is 0 Å². The largest absolute Gasteiger partial charge is 0.394 e. The molecule has 242 valence electrons. The molecule has 0 aliphatic heterocycles. The number of aliphatic hydroxyl groups is 2. The number of rotatable bonds is 32. The number of hydrogen-bond acceptors (Lipinski definition) is 3. The average molecular weight is 578 g/mol. The topological polar surface area (TPSA) is 69.6 Å². The van der Waals surface area contributed by atoms with Gasteiger partial charge < -0.3 is 15.5 Å². The molecule has 0 aromatic rings. The standard InChI is InChI=1S/C37H71NO3/c1-3-5-7-9-11-13-14-15-16-17-18-19-20-21-22-23-25-27-29-31-33-37(41)38-35(34-39)36(40)32-30-28-26-24-12-10-8-6-4-2/h12,24,30,32,35-36,39-40H,3-11,13-23,25-29,31,33-34H2,1-2H3,(H,38,41)/b24-12+,32-30+/t35-,36+/m0/s1. The summed E-state index contributed by atoms with van der Waals surface area (Å²) in [6.07, 6.45) is 41.3. The maximum atomic E-state index is 12.3. The molecule has 4 nitrogen and oxygen atoms in total. The summed E-state index contributed by atoms with van der Waals surface area (Å²) in [6, 6.07) is -0.631. The molecule has 1 amide bonds. The molecule has 2 atom stereocenters. The molecule has 0 aromatic carbocycles. The first kappa shape index (κ1) is 39.9. The molecular formula is C37H71NO3. The molecule has 0 heterocycles. The maximum absolute atomic E-state index is 12.3. The fourth-order valence-electron chi connectivity index (χ4n) is 5.37.